The molecule has 6 atom stereocenters. The van der Waals surface area contributed by atoms with Gasteiger partial charge in [0.15, 0.2) is 0 Å². The summed E-state index contributed by atoms with van der Waals surface area (Å²) in [5.74, 6) is 2.20. The van der Waals surface area contributed by atoms with Crippen LogP contribution in [0.2, 0.25) is 0 Å². The molecule has 202 valence electrons. The Morgan fingerprint density at radius 3 is 2.23 bits per heavy atom. The molecule has 2 saturated carbocycles. The number of allylic oxidation sites excluding steroid dienone is 2. The molecule has 1 saturated heterocycles. The minimum absolute atomic E-state index is 0.123. The lowest BCUT2D eigenvalue weighted by Gasteiger charge is -2.37. The number of imide groups is 1. The maximum atomic E-state index is 13.5. The summed E-state index contributed by atoms with van der Waals surface area (Å²) in [6.07, 6.45) is 5.46. The van der Waals surface area contributed by atoms with E-state index in [9.17, 15) is 14.4 Å². The van der Waals surface area contributed by atoms with Gasteiger partial charge in [0.1, 0.15) is 11.5 Å². The van der Waals surface area contributed by atoms with Crippen LogP contribution in [0, 0.1) is 42.4 Å². The molecule has 3 aromatic carbocycles. The Bertz CT molecular complexity index is 1540. The number of nitrogens with one attached hydrogen (secondary N) is 1. The molecular weight excluding hydrogens is 500 g/mol. The summed E-state index contributed by atoms with van der Waals surface area (Å²) >= 11 is 0. The van der Waals surface area contributed by atoms with E-state index in [4.69, 9.17) is 4.74 Å². The van der Waals surface area contributed by atoms with Crippen molar-refractivity contribution < 1.29 is 19.1 Å². The number of rotatable bonds is 6. The van der Waals surface area contributed by atoms with Gasteiger partial charge in [-0.05, 0) is 103 Å². The fraction of sp³-hybridized carbons (Fsp3) is 0.324. The third kappa shape index (κ3) is 3.96. The van der Waals surface area contributed by atoms with E-state index in [-0.39, 0.29) is 41.4 Å². The van der Waals surface area contributed by atoms with Gasteiger partial charge in [0.25, 0.3) is 5.91 Å². The Hall–Kier alpha value is -4.19. The van der Waals surface area contributed by atoms with Crippen LogP contribution in [0.15, 0.2) is 78.9 Å². The van der Waals surface area contributed by atoms with Gasteiger partial charge in [0.05, 0.1) is 17.5 Å². The Balaban J connectivity index is 1.06. The van der Waals surface area contributed by atoms with Crippen molar-refractivity contribution in [2.24, 2.45) is 35.5 Å². The Morgan fingerprint density at radius 1 is 0.900 bits per heavy atom. The van der Waals surface area contributed by atoms with Crippen LogP contribution in [-0.4, -0.2) is 17.7 Å². The molecule has 0 aromatic heterocycles. The summed E-state index contributed by atoms with van der Waals surface area (Å²) < 4.78 is 6.17. The quantitative estimate of drug-likeness (QED) is 0.282. The van der Waals surface area contributed by atoms with Crippen molar-refractivity contribution in [2.75, 3.05) is 10.2 Å². The second-order valence-corrected chi connectivity index (χ2v) is 12.0. The first kappa shape index (κ1) is 24.8. The summed E-state index contributed by atoms with van der Waals surface area (Å²) in [5, 5.41) is 2.92. The van der Waals surface area contributed by atoms with E-state index in [1.807, 2.05) is 25.1 Å². The smallest absolute Gasteiger partial charge is 0.255 e. The lowest BCUT2D eigenvalue weighted by Crippen LogP contribution is -2.40. The third-order valence-corrected chi connectivity index (χ3v) is 9.16. The summed E-state index contributed by atoms with van der Waals surface area (Å²) in [4.78, 5) is 41.4. The summed E-state index contributed by atoms with van der Waals surface area (Å²) in [7, 11) is 0. The van der Waals surface area contributed by atoms with Crippen LogP contribution < -0.4 is 15.0 Å². The molecule has 3 fully saturated rings. The zero-order valence-electron chi connectivity index (χ0n) is 22.8. The van der Waals surface area contributed by atoms with Gasteiger partial charge in [-0.2, -0.15) is 0 Å². The fourth-order valence-corrected chi connectivity index (χ4v) is 7.14. The monoisotopic (exact) mass is 532 g/mol. The first-order chi connectivity index (χ1) is 19.3. The standard InChI is InChI=1S/C34H32N2O4/c1-18(2)24-12-7-19(3)15-29(24)40-23-10-8-21(9-11-23)35-32(37)20-5-4-6-22(16-20)36-33(38)30-25-13-14-26(28-17-27(25)28)31(30)34(36)39/h4-16,18,25-28,30-31H,17H2,1-3H3,(H,35,37). The van der Waals surface area contributed by atoms with Crippen molar-refractivity contribution in [3.8, 4) is 11.5 Å². The van der Waals surface area contributed by atoms with Crippen LogP contribution in [0.3, 0.4) is 0 Å². The van der Waals surface area contributed by atoms with Crippen LogP contribution in [0.5, 0.6) is 11.5 Å². The molecule has 6 unspecified atom stereocenters. The van der Waals surface area contributed by atoms with E-state index in [2.05, 4.69) is 43.4 Å². The van der Waals surface area contributed by atoms with Gasteiger partial charge in [-0.1, -0.05) is 44.2 Å². The Kier molecular flexibility index (Phi) is 5.70. The number of hydrogen-bond acceptors (Lipinski definition) is 4. The van der Waals surface area contributed by atoms with Gasteiger partial charge in [-0.25, -0.2) is 4.90 Å². The molecule has 6 nitrogen and oxygen atoms in total. The summed E-state index contributed by atoms with van der Waals surface area (Å²) in [5.41, 5.74) is 3.74. The zero-order valence-corrected chi connectivity index (χ0v) is 22.8. The van der Waals surface area contributed by atoms with Crippen molar-refractivity contribution in [3.63, 3.8) is 0 Å². The highest BCUT2D eigenvalue weighted by Gasteiger charge is 2.67. The van der Waals surface area contributed by atoms with Crippen LogP contribution in [0.25, 0.3) is 0 Å². The minimum atomic E-state index is -0.309. The molecule has 0 radical (unpaired) electrons. The summed E-state index contributed by atoms with van der Waals surface area (Å²) in [6, 6.07) is 20.3. The number of hydrogen-bond donors (Lipinski definition) is 1. The second kappa shape index (κ2) is 9.19. The number of nitrogens with zero attached hydrogens (tertiary/aromatic N) is 1. The van der Waals surface area contributed by atoms with Gasteiger partial charge in [0.2, 0.25) is 11.8 Å². The first-order valence-electron chi connectivity index (χ1n) is 14.2. The topological polar surface area (TPSA) is 75.7 Å². The third-order valence-electron chi connectivity index (χ3n) is 9.16. The molecule has 2 bridgehead atoms. The fourth-order valence-electron chi connectivity index (χ4n) is 7.14. The Morgan fingerprint density at radius 2 is 1.57 bits per heavy atom. The van der Waals surface area contributed by atoms with Gasteiger partial charge >= 0.3 is 0 Å². The highest BCUT2D eigenvalue weighted by atomic mass is 16.5. The lowest BCUT2D eigenvalue weighted by molar-refractivity contribution is -0.124. The molecule has 3 amide bonds. The maximum Gasteiger partial charge on any atom is 0.255 e. The molecule has 1 N–H and O–H groups in total. The first-order valence-corrected chi connectivity index (χ1v) is 14.2. The van der Waals surface area contributed by atoms with E-state index >= 15 is 0 Å². The summed E-state index contributed by atoms with van der Waals surface area (Å²) in [6.45, 7) is 6.31. The molecule has 0 spiro atoms. The predicted octanol–water partition coefficient (Wildman–Crippen LogP) is 6.72. The minimum Gasteiger partial charge on any atom is -0.457 e. The molecule has 5 aliphatic rings. The highest BCUT2D eigenvalue weighted by Crippen LogP contribution is 2.65. The molecule has 8 rings (SSSR count). The number of ether oxygens (including phenoxy) is 1. The predicted molar refractivity (Wildman–Crippen MR) is 153 cm³/mol. The molecule has 1 heterocycles. The number of anilines is 2. The van der Waals surface area contributed by atoms with E-state index in [0.29, 0.717) is 40.4 Å². The lowest BCUT2D eigenvalue weighted by atomic mass is 9.63. The van der Waals surface area contributed by atoms with Crippen LogP contribution >= 0.6 is 0 Å². The maximum absolute atomic E-state index is 13.5. The van der Waals surface area contributed by atoms with E-state index in [0.717, 1.165) is 23.3 Å². The van der Waals surface area contributed by atoms with Crippen molar-refractivity contribution in [1.29, 1.82) is 0 Å². The normalized spacial score (nSPS) is 27.6. The van der Waals surface area contributed by atoms with Crippen molar-refractivity contribution in [2.45, 2.75) is 33.1 Å². The molecule has 6 heteroatoms. The molecule has 1 aliphatic heterocycles. The number of carbonyl (C=O) groups is 3. The Labute approximate surface area is 234 Å². The average Bonchev–Trinajstić information content (AvgIpc) is 3.72. The second-order valence-electron chi connectivity index (χ2n) is 12.0. The highest BCUT2D eigenvalue weighted by molar-refractivity contribution is 6.23. The van der Waals surface area contributed by atoms with Crippen molar-refractivity contribution >= 4 is 29.1 Å². The largest absolute Gasteiger partial charge is 0.457 e. The van der Waals surface area contributed by atoms with Gasteiger partial charge in [0, 0.05) is 11.3 Å². The number of aryl methyl sites for hydroxylation is 1. The van der Waals surface area contributed by atoms with E-state index in [1.54, 1.807) is 36.4 Å². The molecule has 4 aliphatic carbocycles. The number of carbonyl (C=O) groups excluding carboxylic acids is 3. The van der Waals surface area contributed by atoms with Crippen molar-refractivity contribution in [1.82, 2.24) is 0 Å². The van der Waals surface area contributed by atoms with Crippen LogP contribution in [0.4, 0.5) is 11.4 Å². The molecule has 3 aromatic rings. The number of amides is 3. The van der Waals surface area contributed by atoms with E-state index < -0.39 is 0 Å². The molecule has 40 heavy (non-hydrogen) atoms. The van der Waals surface area contributed by atoms with Crippen LogP contribution in [-0.2, 0) is 9.59 Å². The zero-order chi connectivity index (χ0) is 27.7. The van der Waals surface area contributed by atoms with Gasteiger partial charge < -0.3 is 10.1 Å². The SMILES string of the molecule is Cc1ccc(C(C)C)c(Oc2ccc(NC(=O)c3cccc(N4C(=O)C5C6C=CC(C7CC67)C5C4=O)c3)cc2)c1. The average molecular weight is 533 g/mol. The van der Waals surface area contributed by atoms with Crippen molar-refractivity contribution in [3.05, 3.63) is 95.6 Å². The van der Waals surface area contributed by atoms with Gasteiger partial charge in [-0.3, -0.25) is 14.4 Å². The van der Waals surface area contributed by atoms with E-state index in [1.165, 1.54) is 4.90 Å². The van der Waals surface area contributed by atoms with Gasteiger partial charge in [-0.15, -0.1) is 0 Å². The number of benzene rings is 3. The molecular formula is C34H32N2O4. The van der Waals surface area contributed by atoms with Crippen LogP contribution in [0.1, 0.15) is 47.7 Å².